The molecule has 9 heteroatoms. The third kappa shape index (κ3) is 4.61. The van der Waals surface area contributed by atoms with E-state index in [1.807, 2.05) is 19.1 Å². The van der Waals surface area contributed by atoms with Crippen molar-refractivity contribution >= 4 is 39.2 Å². The number of fused-ring (bicyclic) bond motifs is 3. The summed E-state index contributed by atoms with van der Waals surface area (Å²) in [6.45, 7) is 3.20. The van der Waals surface area contributed by atoms with Gasteiger partial charge in [0, 0.05) is 36.6 Å². The van der Waals surface area contributed by atoms with Gasteiger partial charge in [0.2, 0.25) is 11.8 Å². The van der Waals surface area contributed by atoms with Gasteiger partial charge in [-0.25, -0.2) is 9.97 Å². The number of rotatable bonds is 5. The number of hydrogen-bond acceptors (Lipinski definition) is 6. The number of pyridine rings is 1. The second-order valence-corrected chi connectivity index (χ2v) is 10.3. The van der Waals surface area contributed by atoms with Gasteiger partial charge in [-0.1, -0.05) is 6.07 Å². The molecule has 2 amide bonds. The van der Waals surface area contributed by atoms with Crippen LogP contribution < -0.4 is 10.9 Å². The van der Waals surface area contributed by atoms with Crippen LogP contribution in [0.25, 0.3) is 10.2 Å². The molecule has 1 aliphatic carbocycles. The van der Waals surface area contributed by atoms with Crippen molar-refractivity contribution in [2.75, 3.05) is 18.4 Å². The van der Waals surface area contributed by atoms with Crippen molar-refractivity contribution in [3.8, 4) is 0 Å². The average Bonchev–Trinajstić information content (AvgIpc) is 3.23. The molecule has 5 rings (SSSR count). The zero-order valence-corrected chi connectivity index (χ0v) is 20.2. The fourth-order valence-corrected chi connectivity index (χ4v) is 6.19. The highest BCUT2D eigenvalue weighted by molar-refractivity contribution is 7.18. The highest BCUT2D eigenvalue weighted by atomic mass is 32.1. The minimum absolute atomic E-state index is 0.0366. The van der Waals surface area contributed by atoms with Crippen molar-refractivity contribution in [2.24, 2.45) is 5.92 Å². The smallest absolute Gasteiger partial charge is 0.262 e. The van der Waals surface area contributed by atoms with Gasteiger partial charge in [0.25, 0.3) is 5.56 Å². The van der Waals surface area contributed by atoms with Crippen molar-refractivity contribution in [2.45, 2.75) is 58.4 Å². The Morgan fingerprint density at radius 2 is 2.06 bits per heavy atom. The maximum atomic E-state index is 13.1. The summed E-state index contributed by atoms with van der Waals surface area (Å²) >= 11 is 1.63. The molecule has 3 aromatic heterocycles. The first-order valence-corrected chi connectivity index (χ1v) is 12.8. The molecule has 0 bridgehead atoms. The minimum Gasteiger partial charge on any atom is -0.342 e. The molecule has 34 heavy (non-hydrogen) atoms. The van der Waals surface area contributed by atoms with Crippen LogP contribution >= 0.6 is 11.3 Å². The van der Waals surface area contributed by atoms with E-state index in [0.29, 0.717) is 25.5 Å². The van der Waals surface area contributed by atoms with Crippen LogP contribution in [0.5, 0.6) is 0 Å². The van der Waals surface area contributed by atoms with Crippen LogP contribution in [-0.2, 0) is 29.0 Å². The lowest BCUT2D eigenvalue weighted by Crippen LogP contribution is -2.44. The van der Waals surface area contributed by atoms with E-state index in [4.69, 9.17) is 0 Å². The summed E-state index contributed by atoms with van der Waals surface area (Å²) < 4.78 is 1.57. The number of nitrogens with zero attached hydrogens (tertiary/aromatic N) is 4. The summed E-state index contributed by atoms with van der Waals surface area (Å²) in [7, 11) is 0. The van der Waals surface area contributed by atoms with Gasteiger partial charge in [-0.05, 0) is 63.1 Å². The predicted molar refractivity (Wildman–Crippen MR) is 132 cm³/mol. The molecule has 1 atom stereocenters. The van der Waals surface area contributed by atoms with Crippen molar-refractivity contribution < 1.29 is 9.59 Å². The van der Waals surface area contributed by atoms with E-state index in [1.165, 1.54) is 11.3 Å². The molecule has 0 saturated carbocycles. The molecule has 1 saturated heterocycles. The second kappa shape index (κ2) is 9.66. The van der Waals surface area contributed by atoms with Gasteiger partial charge < -0.3 is 10.2 Å². The first-order chi connectivity index (χ1) is 16.5. The van der Waals surface area contributed by atoms with Crippen LogP contribution in [-0.4, -0.2) is 44.3 Å². The molecule has 1 aliphatic heterocycles. The van der Waals surface area contributed by atoms with Crippen LogP contribution in [0.1, 0.15) is 48.2 Å². The van der Waals surface area contributed by atoms with Gasteiger partial charge in [-0.15, -0.1) is 11.3 Å². The monoisotopic (exact) mass is 479 g/mol. The maximum Gasteiger partial charge on any atom is 0.262 e. The van der Waals surface area contributed by atoms with Crippen molar-refractivity contribution in [1.82, 2.24) is 19.4 Å². The molecule has 3 aromatic rings. The number of nitrogens with one attached hydrogen (secondary N) is 1. The average molecular weight is 480 g/mol. The Morgan fingerprint density at radius 1 is 1.21 bits per heavy atom. The van der Waals surface area contributed by atoms with E-state index in [-0.39, 0.29) is 29.7 Å². The molecular weight excluding hydrogens is 450 g/mol. The fraction of sp³-hybridized carbons (Fsp3) is 0.480. The number of carbonyl (C=O) groups excluding carboxylic acids is 2. The number of piperidine rings is 1. The Balaban J connectivity index is 1.22. The third-order valence-corrected chi connectivity index (χ3v) is 7.99. The Bertz CT molecular complexity index is 1300. The standard InChI is InChI=1S/C25H29N5O3S/c1-16-6-4-10-20(27-16)28-23(32)17-7-5-12-29(14-17)21(31)11-13-30-15-26-24-22(25(30)33)18-8-2-3-9-19(18)34-24/h4,6,10,15,17H,2-3,5,7-9,11-14H2,1H3,(H,27,28,32). The molecule has 1 N–H and O–H groups in total. The maximum absolute atomic E-state index is 13.1. The molecule has 0 aromatic carbocycles. The van der Waals surface area contributed by atoms with Gasteiger partial charge >= 0.3 is 0 Å². The summed E-state index contributed by atoms with van der Waals surface area (Å²) in [6, 6.07) is 5.50. The quantitative estimate of drug-likeness (QED) is 0.606. The van der Waals surface area contributed by atoms with Crippen LogP contribution in [0, 0.1) is 12.8 Å². The lowest BCUT2D eigenvalue weighted by Gasteiger charge is -2.32. The van der Waals surface area contributed by atoms with Crippen LogP contribution in [0.4, 0.5) is 5.82 Å². The van der Waals surface area contributed by atoms with Crippen LogP contribution in [0.15, 0.2) is 29.3 Å². The number of carbonyl (C=O) groups is 2. The topological polar surface area (TPSA) is 97.2 Å². The Labute approximate surface area is 202 Å². The van der Waals surface area contributed by atoms with Crippen molar-refractivity contribution in [3.63, 3.8) is 0 Å². The Hall–Kier alpha value is -3.07. The van der Waals surface area contributed by atoms with Gasteiger partial charge in [0.1, 0.15) is 10.6 Å². The van der Waals surface area contributed by atoms with Gasteiger partial charge in [0.15, 0.2) is 0 Å². The van der Waals surface area contributed by atoms with Crippen LogP contribution in [0.3, 0.4) is 0 Å². The highest BCUT2D eigenvalue weighted by Gasteiger charge is 2.29. The number of amides is 2. The summed E-state index contributed by atoms with van der Waals surface area (Å²) in [5, 5.41) is 3.62. The van der Waals surface area contributed by atoms with Crippen molar-refractivity contribution in [3.05, 3.63) is 51.0 Å². The summed E-state index contributed by atoms with van der Waals surface area (Å²) in [5.41, 5.74) is 1.96. The van der Waals surface area contributed by atoms with Gasteiger partial charge in [-0.3, -0.25) is 19.0 Å². The second-order valence-electron chi connectivity index (χ2n) is 9.22. The zero-order valence-electron chi connectivity index (χ0n) is 19.4. The third-order valence-electron chi connectivity index (χ3n) is 6.79. The largest absolute Gasteiger partial charge is 0.342 e. The Morgan fingerprint density at radius 3 is 2.91 bits per heavy atom. The molecule has 178 valence electrons. The SMILES string of the molecule is Cc1cccc(NC(=O)C2CCCN(C(=O)CCn3cnc4sc5c(c4c3=O)CCCC5)C2)n1. The van der Waals surface area contributed by atoms with Gasteiger partial charge in [-0.2, -0.15) is 0 Å². The molecule has 0 radical (unpaired) electrons. The van der Waals surface area contributed by atoms with E-state index in [9.17, 15) is 14.4 Å². The normalized spacial score (nSPS) is 18.0. The predicted octanol–water partition coefficient (Wildman–Crippen LogP) is 3.31. The summed E-state index contributed by atoms with van der Waals surface area (Å²) in [6.07, 6.45) is 7.54. The number of hydrogen-bond donors (Lipinski definition) is 1. The summed E-state index contributed by atoms with van der Waals surface area (Å²) in [4.78, 5) is 51.5. The highest BCUT2D eigenvalue weighted by Crippen LogP contribution is 2.33. The molecule has 1 fully saturated rings. The summed E-state index contributed by atoms with van der Waals surface area (Å²) in [5.74, 6) is 0.124. The lowest BCUT2D eigenvalue weighted by molar-refractivity contribution is -0.134. The zero-order chi connectivity index (χ0) is 23.7. The van der Waals surface area contributed by atoms with E-state index in [2.05, 4.69) is 15.3 Å². The molecule has 0 spiro atoms. The molecule has 8 nitrogen and oxygen atoms in total. The molecule has 4 heterocycles. The number of likely N-dealkylation sites (tertiary alicyclic amines) is 1. The number of aryl methyl sites for hydroxylation is 4. The lowest BCUT2D eigenvalue weighted by atomic mass is 9.97. The fourth-order valence-electron chi connectivity index (χ4n) is 4.97. The molecule has 2 aliphatic rings. The van der Waals surface area contributed by atoms with E-state index in [0.717, 1.165) is 53.6 Å². The van der Waals surface area contributed by atoms with Crippen molar-refractivity contribution in [1.29, 1.82) is 0 Å². The van der Waals surface area contributed by atoms with E-state index in [1.54, 1.807) is 33.2 Å². The number of thiophene rings is 1. The Kier molecular flexibility index (Phi) is 6.45. The van der Waals surface area contributed by atoms with Crippen LogP contribution in [0.2, 0.25) is 0 Å². The van der Waals surface area contributed by atoms with E-state index < -0.39 is 0 Å². The first-order valence-electron chi connectivity index (χ1n) is 12.0. The minimum atomic E-state index is -0.266. The number of aromatic nitrogens is 3. The molecule has 1 unspecified atom stereocenters. The first kappa shape index (κ1) is 22.7. The molecular formula is C25H29N5O3S. The van der Waals surface area contributed by atoms with Gasteiger partial charge in [0.05, 0.1) is 17.6 Å². The number of anilines is 1. The van der Waals surface area contributed by atoms with E-state index >= 15 is 0 Å².